The molecule has 0 aliphatic carbocycles. The Labute approximate surface area is 113 Å². The number of halogens is 1. The predicted molar refractivity (Wildman–Crippen MR) is 71.2 cm³/mol. The molecule has 0 unspecified atom stereocenters. The summed E-state index contributed by atoms with van der Waals surface area (Å²) in [5.41, 5.74) is 8.30. The molecular weight excluding hydrogens is 269 g/mol. The lowest BCUT2D eigenvalue weighted by molar-refractivity contribution is 0.626. The Morgan fingerprint density at radius 2 is 2.21 bits per heavy atom. The zero-order valence-corrected chi connectivity index (χ0v) is 10.5. The molecule has 0 aliphatic rings. The first-order chi connectivity index (χ1) is 9.16. The number of thiocarbonyl (C=S) groups is 1. The molecule has 0 spiro atoms. The maximum absolute atomic E-state index is 12.8. The van der Waals surface area contributed by atoms with E-state index in [0.717, 1.165) is 0 Å². The fourth-order valence-electron chi connectivity index (χ4n) is 1.35. The van der Waals surface area contributed by atoms with Crippen molar-refractivity contribution in [3.05, 3.63) is 35.9 Å². The Hall–Kier alpha value is -2.42. The highest BCUT2D eigenvalue weighted by Gasteiger charge is 2.06. The van der Waals surface area contributed by atoms with Crippen molar-refractivity contribution in [3.8, 4) is 5.69 Å². The molecule has 98 valence electrons. The summed E-state index contributed by atoms with van der Waals surface area (Å²) in [5, 5.41) is 15.1. The molecule has 0 atom stereocenters. The predicted octanol–water partition coefficient (Wildman–Crippen LogP) is 0.163. The first-order valence-electron chi connectivity index (χ1n) is 5.27. The van der Waals surface area contributed by atoms with E-state index in [1.165, 1.54) is 23.0 Å². The van der Waals surface area contributed by atoms with Gasteiger partial charge in [-0.2, -0.15) is 9.78 Å². The highest BCUT2D eigenvalue weighted by Crippen LogP contribution is 2.08. The van der Waals surface area contributed by atoms with Crippen molar-refractivity contribution in [2.24, 2.45) is 10.8 Å². The Morgan fingerprint density at radius 3 is 2.89 bits per heavy atom. The molecule has 0 saturated carbocycles. The van der Waals surface area contributed by atoms with E-state index in [1.807, 2.05) is 0 Å². The van der Waals surface area contributed by atoms with Gasteiger partial charge in [0, 0.05) is 12.6 Å². The van der Waals surface area contributed by atoms with Crippen LogP contribution in [0.3, 0.4) is 0 Å². The molecule has 0 bridgehead atoms. The number of nitrogens with two attached hydrogens (primary N) is 1. The lowest BCUT2D eigenvalue weighted by Gasteiger charge is -2.02. The van der Waals surface area contributed by atoms with E-state index in [9.17, 15) is 4.39 Å². The van der Waals surface area contributed by atoms with Gasteiger partial charge in [0.15, 0.2) is 10.9 Å². The number of nitrogens with zero attached hydrogens (tertiary/aromatic N) is 5. The first-order valence-corrected chi connectivity index (χ1v) is 5.68. The minimum atomic E-state index is -0.319. The zero-order valence-electron chi connectivity index (χ0n) is 9.69. The van der Waals surface area contributed by atoms with Crippen molar-refractivity contribution in [2.45, 2.75) is 6.42 Å². The second kappa shape index (κ2) is 5.96. The summed E-state index contributed by atoms with van der Waals surface area (Å²) in [6.07, 6.45) is 1.91. The number of hydrazone groups is 1. The number of hydrogen-bond donors (Lipinski definition) is 2. The summed E-state index contributed by atoms with van der Waals surface area (Å²) >= 11 is 4.60. The largest absolute Gasteiger partial charge is 0.375 e. The molecule has 1 aromatic heterocycles. The molecule has 2 aromatic rings. The van der Waals surface area contributed by atoms with Crippen LogP contribution in [0, 0.1) is 5.82 Å². The van der Waals surface area contributed by atoms with Gasteiger partial charge in [0.25, 0.3) is 0 Å². The summed E-state index contributed by atoms with van der Waals surface area (Å²) in [6.45, 7) is 0. The van der Waals surface area contributed by atoms with E-state index < -0.39 is 0 Å². The van der Waals surface area contributed by atoms with Gasteiger partial charge in [0.2, 0.25) is 0 Å². The van der Waals surface area contributed by atoms with Gasteiger partial charge in [-0.3, -0.25) is 5.43 Å². The lowest BCUT2D eigenvalue weighted by Crippen LogP contribution is -2.24. The molecule has 0 fully saturated rings. The van der Waals surface area contributed by atoms with Crippen LogP contribution >= 0.6 is 12.2 Å². The van der Waals surface area contributed by atoms with Crippen LogP contribution in [0.4, 0.5) is 4.39 Å². The summed E-state index contributed by atoms with van der Waals surface area (Å²) < 4.78 is 14.3. The maximum atomic E-state index is 12.8. The maximum Gasteiger partial charge on any atom is 0.184 e. The van der Waals surface area contributed by atoms with Crippen LogP contribution in [0.25, 0.3) is 5.69 Å². The van der Waals surface area contributed by atoms with Crippen molar-refractivity contribution in [3.63, 3.8) is 0 Å². The molecule has 0 radical (unpaired) electrons. The molecule has 1 heterocycles. The number of tetrazole rings is 1. The average molecular weight is 279 g/mol. The van der Waals surface area contributed by atoms with E-state index in [2.05, 4.69) is 38.3 Å². The van der Waals surface area contributed by atoms with Gasteiger partial charge in [-0.05, 0) is 46.9 Å². The number of benzene rings is 1. The third kappa shape index (κ3) is 3.52. The molecule has 1 aromatic carbocycles. The normalized spacial score (nSPS) is 10.8. The lowest BCUT2D eigenvalue weighted by atomic mass is 10.3. The summed E-state index contributed by atoms with van der Waals surface area (Å²) in [7, 11) is 0. The van der Waals surface area contributed by atoms with Crippen molar-refractivity contribution in [1.82, 2.24) is 25.6 Å². The second-order valence-electron chi connectivity index (χ2n) is 3.48. The van der Waals surface area contributed by atoms with Crippen molar-refractivity contribution in [1.29, 1.82) is 0 Å². The minimum absolute atomic E-state index is 0.0781. The third-order valence-electron chi connectivity index (χ3n) is 2.15. The van der Waals surface area contributed by atoms with Gasteiger partial charge in [-0.15, -0.1) is 5.10 Å². The first kappa shape index (κ1) is 13.0. The van der Waals surface area contributed by atoms with Crippen molar-refractivity contribution >= 4 is 23.5 Å². The van der Waals surface area contributed by atoms with E-state index >= 15 is 0 Å². The van der Waals surface area contributed by atoms with Gasteiger partial charge in [-0.1, -0.05) is 0 Å². The summed E-state index contributed by atoms with van der Waals surface area (Å²) in [6, 6.07) is 5.84. The molecular formula is C10H10FN7S. The van der Waals surface area contributed by atoms with E-state index in [4.69, 9.17) is 5.73 Å². The van der Waals surface area contributed by atoms with Crippen LogP contribution in [-0.2, 0) is 6.42 Å². The molecule has 7 nitrogen and oxygen atoms in total. The van der Waals surface area contributed by atoms with Gasteiger partial charge in [-0.25, -0.2) is 4.39 Å². The summed E-state index contributed by atoms with van der Waals surface area (Å²) in [4.78, 5) is 0. The van der Waals surface area contributed by atoms with Gasteiger partial charge in [0.1, 0.15) is 5.82 Å². The molecule has 2 rings (SSSR count). The molecule has 0 amide bonds. The molecule has 3 N–H and O–H groups in total. The number of aromatic nitrogens is 4. The Bertz CT molecular complexity index is 592. The number of nitrogens with one attached hydrogen (secondary N) is 1. The van der Waals surface area contributed by atoms with Gasteiger partial charge in [0.05, 0.1) is 5.69 Å². The quantitative estimate of drug-likeness (QED) is 0.470. The molecule has 0 saturated heterocycles. The third-order valence-corrected chi connectivity index (χ3v) is 2.24. The standard InChI is InChI=1S/C10H10FN7S/c11-7-1-3-8(4-2-7)18-9(14-16-17-18)5-6-13-15-10(12)19/h1-4,6H,5H2,(H3,12,15,19)/b13-6+. The SMILES string of the molecule is NC(=S)N/N=C/Cc1nnnn1-c1ccc(F)cc1. The van der Waals surface area contributed by atoms with Crippen molar-refractivity contribution in [2.75, 3.05) is 0 Å². The highest BCUT2D eigenvalue weighted by atomic mass is 32.1. The number of hydrogen-bond acceptors (Lipinski definition) is 5. The van der Waals surface area contributed by atoms with Crippen LogP contribution in [-0.4, -0.2) is 31.5 Å². The van der Waals surface area contributed by atoms with Gasteiger partial charge >= 0.3 is 0 Å². The molecule has 0 aliphatic heterocycles. The van der Waals surface area contributed by atoms with E-state index in [0.29, 0.717) is 17.9 Å². The van der Waals surface area contributed by atoms with E-state index in [-0.39, 0.29) is 10.9 Å². The average Bonchev–Trinajstić information content (AvgIpc) is 2.84. The van der Waals surface area contributed by atoms with Crippen LogP contribution in [0.1, 0.15) is 5.82 Å². The van der Waals surface area contributed by atoms with E-state index in [1.54, 1.807) is 12.1 Å². The second-order valence-corrected chi connectivity index (χ2v) is 3.92. The monoisotopic (exact) mass is 279 g/mol. The zero-order chi connectivity index (χ0) is 13.7. The molecule has 9 heteroatoms. The van der Waals surface area contributed by atoms with Crippen LogP contribution in [0.5, 0.6) is 0 Å². The fraction of sp³-hybridized carbons (Fsp3) is 0.100. The Balaban J connectivity index is 2.11. The van der Waals surface area contributed by atoms with Crippen molar-refractivity contribution < 1.29 is 4.39 Å². The van der Waals surface area contributed by atoms with Crippen LogP contribution in [0.2, 0.25) is 0 Å². The number of rotatable bonds is 4. The fourth-order valence-corrected chi connectivity index (χ4v) is 1.41. The minimum Gasteiger partial charge on any atom is -0.375 e. The molecule has 19 heavy (non-hydrogen) atoms. The highest BCUT2D eigenvalue weighted by molar-refractivity contribution is 7.80. The van der Waals surface area contributed by atoms with Crippen LogP contribution < -0.4 is 11.2 Å². The van der Waals surface area contributed by atoms with Gasteiger partial charge < -0.3 is 5.73 Å². The van der Waals surface area contributed by atoms with Crippen LogP contribution in [0.15, 0.2) is 29.4 Å². The Morgan fingerprint density at radius 1 is 1.47 bits per heavy atom. The summed E-state index contributed by atoms with van der Waals surface area (Å²) in [5.74, 6) is 0.237. The smallest absolute Gasteiger partial charge is 0.184 e. The topological polar surface area (TPSA) is 94.0 Å². The Kier molecular flexibility index (Phi) is 4.08.